The van der Waals surface area contributed by atoms with E-state index in [0.29, 0.717) is 12.2 Å². The van der Waals surface area contributed by atoms with Crippen molar-refractivity contribution in [1.82, 2.24) is 0 Å². The van der Waals surface area contributed by atoms with Crippen LogP contribution in [-0.4, -0.2) is 12.5 Å². The average Bonchev–Trinajstić information content (AvgIpc) is 2.91. The summed E-state index contributed by atoms with van der Waals surface area (Å²) in [6, 6.07) is 10.5. The zero-order chi connectivity index (χ0) is 12.8. The lowest BCUT2D eigenvalue weighted by atomic mass is 10.2. The maximum absolute atomic E-state index is 11.7. The first-order valence-electron chi connectivity index (χ1n) is 5.43. The van der Waals surface area contributed by atoms with E-state index in [2.05, 4.69) is 17.2 Å². The SMILES string of the molecule is NCC#Cc1cccc(NC(=O)c2ccco2)c1. The standard InChI is InChI=1S/C14H12N2O2/c15-8-2-5-11-4-1-6-12(10-11)16-14(17)13-7-3-9-18-13/h1,3-4,6-7,9-10H,8,15H2,(H,16,17). The third kappa shape index (κ3) is 3.00. The van der Waals surface area contributed by atoms with Gasteiger partial charge in [-0.1, -0.05) is 17.9 Å². The topological polar surface area (TPSA) is 68.3 Å². The molecule has 1 aromatic heterocycles. The van der Waals surface area contributed by atoms with Crippen molar-refractivity contribution >= 4 is 11.6 Å². The molecule has 2 rings (SSSR count). The van der Waals surface area contributed by atoms with Crippen molar-refractivity contribution in [3.05, 3.63) is 54.0 Å². The van der Waals surface area contributed by atoms with E-state index in [1.807, 2.05) is 12.1 Å². The number of hydrogen-bond acceptors (Lipinski definition) is 3. The number of rotatable bonds is 2. The normalized spacial score (nSPS) is 9.39. The molecule has 0 bridgehead atoms. The molecular formula is C14H12N2O2. The monoisotopic (exact) mass is 240 g/mol. The van der Waals surface area contributed by atoms with Crippen LogP contribution >= 0.6 is 0 Å². The third-order valence-electron chi connectivity index (χ3n) is 2.20. The van der Waals surface area contributed by atoms with E-state index in [9.17, 15) is 4.79 Å². The van der Waals surface area contributed by atoms with Crippen molar-refractivity contribution in [1.29, 1.82) is 0 Å². The van der Waals surface area contributed by atoms with Gasteiger partial charge in [0.15, 0.2) is 5.76 Å². The summed E-state index contributed by atoms with van der Waals surface area (Å²) in [5.74, 6) is 5.65. The van der Waals surface area contributed by atoms with Crippen molar-refractivity contribution in [3.8, 4) is 11.8 Å². The highest BCUT2D eigenvalue weighted by Crippen LogP contribution is 2.11. The van der Waals surface area contributed by atoms with Crippen LogP contribution in [0.25, 0.3) is 0 Å². The molecule has 0 saturated carbocycles. The molecule has 1 amide bonds. The summed E-state index contributed by atoms with van der Waals surface area (Å²) >= 11 is 0. The predicted molar refractivity (Wildman–Crippen MR) is 69.0 cm³/mol. The third-order valence-corrected chi connectivity index (χ3v) is 2.20. The molecule has 0 aliphatic carbocycles. The van der Waals surface area contributed by atoms with Gasteiger partial charge in [0.1, 0.15) is 0 Å². The Labute approximate surface area is 105 Å². The lowest BCUT2D eigenvalue weighted by molar-refractivity contribution is 0.0996. The fourth-order valence-electron chi connectivity index (χ4n) is 1.43. The van der Waals surface area contributed by atoms with Gasteiger partial charge in [-0.05, 0) is 30.3 Å². The first-order valence-corrected chi connectivity index (χ1v) is 5.43. The van der Waals surface area contributed by atoms with Crippen LogP contribution in [0.2, 0.25) is 0 Å². The van der Waals surface area contributed by atoms with Gasteiger partial charge in [0.2, 0.25) is 0 Å². The van der Waals surface area contributed by atoms with E-state index in [0.717, 1.165) is 5.56 Å². The molecule has 1 aromatic carbocycles. The molecule has 0 spiro atoms. The second-order valence-corrected chi connectivity index (χ2v) is 3.52. The minimum absolute atomic E-state index is 0.272. The Kier molecular flexibility index (Phi) is 3.79. The van der Waals surface area contributed by atoms with Gasteiger partial charge >= 0.3 is 0 Å². The molecule has 90 valence electrons. The number of nitrogens with one attached hydrogen (secondary N) is 1. The fourth-order valence-corrected chi connectivity index (χ4v) is 1.43. The lowest BCUT2D eigenvalue weighted by Crippen LogP contribution is -2.10. The molecule has 3 N–H and O–H groups in total. The summed E-state index contributed by atoms with van der Waals surface area (Å²) in [4.78, 5) is 11.7. The van der Waals surface area contributed by atoms with E-state index in [1.165, 1.54) is 6.26 Å². The Balaban J connectivity index is 2.12. The summed E-state index contributed by atoms with van der Waals surface area (Å²) in [5.41, 5.74) is 6.77. The molecule has 0 unspecified atom stereocenters. The van der Waals surface area contributed by atoms with Crippen molar-refractivity contribution < 1.29 is 9.21 Å². The minimum atomic E-state index is -0.288. The van der Waals surface area contributed by atoms with Crippen LogP contribution in [0.15, 0.2) is 47.1 Å². The molecule has 4 nitrogen and oxygen atoms in total. The van der Waals surface area contributed by atoms with Gasteiger partial charge in [-0.3, -0.25) is 4.79 Å². The number of hydrogen-bond donors (Lipinski definition) is 2. The van der Waals surface area contributed by atoms with E-state index in [-0.39, 0.29) is 11.7 Å². The van der Waals surface area contributed by atoms with E-state index >= 15 is 0 Å². The molecule has 0 aliphatic heterocycles. The Bertz CT molecular complexity index is 592. The van der Waals surface area contributed by atoms with Crippen LogP contribution in [-0.2, 0) is 0 Å². The highest BCUT2D eigenvalue weighted by atomic mass is 16.3. The molecule has 0 radical (unpaired) electrons. The van der Waals surface area contributed by atoms with Crippen molar-refractivity contribution in [3.63, 3.8) is 0 Å². The number of benzene rings is 1. The van der Waals surface area contributed by atoms with Gasteiger partial charge in [0, 0.05) is 11.3 Å². The highest BCUT2D eigenvalue weighted by Gasteiger charge is 2.08. The number of carbonyl (C=O) groups excluding carboxylic acids is 1. The van der Waals surface area contributed by atoms with Gasteiger partial charge < -0.3 is 15.5 Å². The molecular weight excluding hydrogens is 228 g/mol. The quantitative estimate of drug-likeness (QED) is 0.787. The Hall–Kier alpha value is -2.51. The average molecular weight is 240 g/mol. The predicted octanol–water partition coefficient (Wildman–Crippen LogP) is 1.84. The molecule has 0 saturated heterocycles. The van der Waals surface area contributed by atoms with E-state index in [4.69, 9.17) is 10.2 Å². The molecule has 0 fully saturated rings. The van der Waals surface area contributed by atoms with Crippen LogP contribution in [0.1, 0.15) is 16.1 Å². The zero-order valence-electron chi connectivity index (χ0n) is 9.64. The van der Waals surface area contributed by atoms with Crippen molar-refractivity contribution in [2.75, 3.05) is 11.9 Å². The Morgan fingerprint density at radius 1 is 1.33 bits per heavy atom. The number of anilines is 1. The molecule has 18 heavy (non-hydrogen) atoms. The smallest absolute Gasteiger partial charge is 0.291 e. The summed E-state index contributed by atoms with van der Waals surface area (Å²) < 4.78 is 5.01. The molecule has 0 aliphatic rings. The van der Waals surface area contributed by atoms with Gasteiger partial charge in [0.25, 0.3) is 5.91 Å². The maximum atomic E-state index is 11.7. The number of amides is 1. The second kappa shape index (κ2) is 5.71. The first-order chi connectivity index (χ1) is 8.79. The molecule has 2 aromatic rings. The summed E-state index contributed by atoms with van der Waals surface area (Å²) in [5, 5.41) is 2.73. The van der Waals surface area contributed by atoms with Gasteiger partial charge in [-0.15, -0.1) is 0 Å². The van der Waals surface area contributed by atoms with Crippen LogP contribution < -0.4 is 11.1 Å². The Morgan fingerprint density at radius 2 is 2.22 bits per heavy atom. The second-order valence-electron chi connectivity index (χ2n) is 3.52. The number of furan rings is 1. The molecule has 0 atom stereocenters. The van der Waals surface area contributed by atoms with Crippen LogP contribution in [0.3, 0.4) is 0 Å². The number of nitrogens with two attached hydrogens (primary N) is 1. The van der Waals surface area contributed by atoms with Crippen LogP contribution in [0.4, 0.5) is 5.69 Å². The van der Waals surface area contributed by atoms with Gasteiger partial charge in [-0.25, -0.2) is 0 Å². The van der Waals surface area contributed by atoms with Gasteiger partial charge in [0.05, 0.1) is 12.8 Å². The molecule has 1 heterocycles. The van der Waals surface area contributed by atoms with Gasteiger partial charge in [-0.2, -0.15) is 0 Å². The fraction of sp³-hybridized carbons (Fsp3) is 0.0714. The van der Waals surface area contributed by atoms with Crippen molar-refractivity contribution in [2.24, 2.45) is 5.73 Å². The summed E-state index contributed by atoms with van der Waals surface area (Å²) in [7, 11) is 0. The van der Waals surface area contributed by atoms with E-state index in [1.54, 1.807) is 24.3 Å². The highest BCUT2D eigenvalue weighted by molar-refractivity contribution is 6.02. The van der Waals surface area contributed by atoms with Crippen LogP contribution in [0.5, 0.6) is 0 Å². The maximum Gasteiger partial charge on any atom is 0.291 e. The van der Waals surface area contributed by atoms with E-state index < -0.39 is 0 Å². The largest absolute Gasteiger partial charge is 0.459 e. The minimum Gasteiger partial charge on any atom is -0.459 e. The first kappa shape index (κ1) is 12.0. The number of carbonyl (C=O) groups is 1. The van der Waals surface area contributed by atoms with Crippen molar-refractivity contribution in [2.45, 2.75) is 0 Å². The summed E-state index contributed by atoms with van der Waals surface area (Å²) in [6.45, 7) is 0.309. The molecule has 4 heteroatoms. The zero-order valence-corrected chi connectivity index (χ0v) is 9.64. The summed E-state index contributed by atoms with van der Waals surface area (Å²) in [6.07, 6.45) is 1.46. The Morgan fingerprint density at radius 3 is 2.94 bits per heavy atom. The lowest BCUT2D eigenvalue weighted by Gasteiger charge is -2.03. The van der Waals surface area contributed by atoms with Crippen LogP contribution in [0, 0.1) is 11.8 Å².